The monoisotopic (exact) mass is 356 g/mol. The number of aliphatic hydroxyl groups is 1. The second kappa shape index (κ2) is 7.54. The summed E-state index contributed by atoms with van der Waals surface area (Å²) in [6.45, 7) is 7.46. The van der Waals surface area contributed by atoms with E-state index in [0.717, 1.165) is 48.4 Å². The van der Waals surface area contributed by atoms with Crippen LogP contribution in [0.25, 0.3) is 11.1 Å². The first kappa shape index (κ1) is 18.5. The van der Waals surface area contributed by atoms with Crippen LogP contribution >= 0.6 is 0 Å². The fraction of sp³-hybridized carbons (Fsp3) is 0.476. The lowest BCUT2D eigenvalue weighted by Crippen LogP contribution is -2.34. The van der Waals surface area contributed by atoms with E-state index in [4.69, 9.17) is 4.74 Å². The second-order valence-electron chi connectivity index (χ2n) is 7.80. The Morgan fingerprint density at radius 3 is 2.50 bits per heavy atom. The van der Waals surface area contributed by atoms with Crippen molar-refractivity contribution >= 4 is 11.9 Å². The summed E-state index contributed by atoms with van der Waals surface area (Å²) in [6, 6.07) is 9.76. The summed E-state index contributed by atoms with van der Waals surface area (Å²) in [5, 5.41) is 9.66. The Hall–Kier alpha value is -2.27. The van der Waals surface area contributed by atoms with Crippen LogP contribution in [0, 0.1) is 0 Å². The molecule has 1 fully saturated rings. The highest BCUT2D eigenvalue weighted by Gasteiger charge is 2.24. The van der Waals surface area contributed by atoms with Crippen LogP contribution in [0.5, 0.6) is 0 Å². The fourth-order valence-electron chi connectivity index (χ4n) is 3.36. The third-order valence-corrected chi connectivity index (χ3v) is 4.57. The molecule has 140 valence electrons. The topological polar surface area (TPSA) is 54.7 Å². The molecule has 2 heterocycles. The van der Waals surface area contributed by atoms with E-state index in [2.05, 4.69) is 4.90 Å². The Morgan fingerprint density at radius 2 is 1.85 bits per heavy atom. The molecule has 1 aromatic carbocycles. The molecule has 0 radical (unpaired) electrons. The molecule has 2 aromatic rings. The van der Waals surface area contributed by atoms with Gasteiger partial charge in [0.2, 0.25) is 0 Å². The van der Waals surface area contributed by atoms with E-state index in [9.17, 15) is 9.90 Å². The smallest absolute Gasteiger partial charge is 0.420 e. The summed E-state index contributed by atoms with van der Waals surface area (Å²) < 4.78 is 7.22. The van der Waals surface area contributed by atoms with Crippen LogP contribution in [-0.4, -0.2) is 34.5 Å². The summed E-state index contributed by atoms with van der Waals surface area (Å²) in [4.78, 5) is 15.0. The van der Waals surface area contributed by atoms with Gasteiger partial charge in [0.1, 0.15) is 11.4 Å². The van der Waals surface area contributed by atoms with Crippen molar-refractivity contribution in [2.45, 2.75) is 52.2 Å². The Labute approximate surface area is 155 Å². The molecule has 5 heteroatoms. The van der Waals surface area contributed by atoms with Gasteiger partial charge in [-0.2, -0.15) is 0 Å². The number of hydrogen-bond acceptors (Lipinski definition) is 4. The van der Waals surface area contributed by atoms with Crippen molar-refractivity contribution in [1.29, 1.82) is 0 Å². The van der Waals surface area contributed by atoms with Gasteiger partial charge in [-0.3, -0.25) is 0 Å². The molecule has 0 bridgehead atoms. The number of nitrogens with zero attached hydrogens (tertiary/aromatic N) is 2. The molecule has 1 aliphatic heterocycles. The lowest BCUT2D eigenvalue weighted by molar-refractivity contribution is 0.0539. The van der Waals surface area contributed by atoms with E-state index >= 15 is 0 Å². The number of rotatable bonds is 3. The Morgan fingerprint density at radius 1 is 1.15 bits per heavy atom. The molecule has 0 saturated carbocycles. The minimum atomic E-state index is -0.552. The van der Waals surface area contributed by atoms with Crippen molar-refractivity contribution < 1.29 is 14.6 Å². The highest BCUT2D eigenvalue weighted by molar-refractivity contribution is 5.81. The Balaban J connectivity index is 2.03. The number of carbonyl (C=O) groups is 1. The number of piperidine rings is 1. The molecule has 1 aliphatic rings. The molecule has 0 aliphatic carbocycles. The second-order valence-corrected chi connectivity index (χ2v) is 7.80. The van der Waals surface area contributed by atoms with Gasteiger partial charge in [0, 0.05) is 24.8 Å². The van der Waals surface area contributed by atoms with Crippen molar-refractivity contribution in [1.82, 2.24) is 4.57 Å². The first-order valence-electron chi connectivity index (χ1n) is 9.29. The van der Waals surface area contributed by atoms with E-state index in [1.807, 2.05) is 57.3 Å². The van der Waals surface area contributed by atoms with Gasteiger partial charge in [-0.15, -0.1) is 0 Å². The van der Waals surface area contributed by atoms with E-state index in [0.29, 0.717) is 0 Å². The molecule has 0 amide bonds. The zero-order chi connectivity index (χ0) is 18.7. The molecular formula is C21H28N2O3. The fourth-order valence-corrected chi connectivity index (χ4v) is 3.36. The van der Waals surface area contributed by atoms with Gasteiger partial charge in [0.05, 0.1) is 6.61 Å². The van der Waals surface area contributed by atoms with E-state index in [-0.39, 0.29) is 12.7 Å². The van der Waals surface area contributed by atoms with Gasteiger partial charge in [-0.25, -0.2) is 9.36 Å². The molecular weight excluding hydrogens is 328 g/mol. The third-order valence-electron chi connectivity index (χ3n) is 4.57. The van der Waals surface area contributed by atoms with Crippen molar-refractivity contribution in [3.05, 3.63) is 42.1 Å². The van der Waals surface area contributed by atoms with Crippen molar-refractivity contribution in [2.75, 3.05) is 18.0 Å². The first-order valence-corrected chi connectivity index (χ1v) is 9.29. The summed E-state index contributed by atoms with van der Waals surface area (Å²) >= 11 is 0. The van der Waals surface area contributed by atoms with E-state index in [1.54, 1.807) is 4.57 Å². The number of aromatic nitrogens is 1. The largest absolute Gasteiger partial charge is 0.443 e. The molecule has 1 aromatic heterocycles. The molecule has 1 saturated heterocycles. The number of anilines is 1. The third kappa shape index (κ3) is 4.10. The van der Waals surface area contributed by atoms with Gasteiger partial charge in [0.15, 0.2) is 0 Å². The predicted octanol–water partition coefficient (Wildman–Crippen LogP) is 4.42. The summed E-state index contributed by atoms with van der Waals surface area (Å²) in [6.07, 6.45) is 4.94. The minimum absolute atomic E-state index is 0.0349. The van der Waals surface area contributed by atoms with Crippen molar-refractivity contribution in [2.24, 2.45) is 0 Å². The number of carbonyl (C=O) groups excluding carboxylic acids is 1. The van der Waals surface area contributed by atoms with Crippen LogP contribution in [0.2, 0.25) is 0 Å². The number of ether oxygens (including phenoxy) is 1. The van der Waals surface area contributed by atoms with Crippen LogP contribution in [-0.2, 0) is 11.3 Å². The molecule has 26 heavy (non-hydrogen) atoms. The zero-order valence-electron chi connectivity index (χ0n) is 15.9. The SMILES string of the molecule is CC(C)(C)OC(=O)n1cc(-c2ccccc2CO)cc1N1CCCCC1. The average molecular weight is 356 g/mol. The lowest BCUT2D eigenvalue weighted by Gasteiger charge is -2.29. The molecule has 0 atom stereocenters. The van der Waals surface area contributed by atoms with Crippen molar-refractivity contribution in [3.63, 3.8) is 0 Å². The highest BCUT2D eigenvalue weighted by Crippen LogP contribution is 2.31. The van der Waals surface area contributed by atoms with Gasteiger partial charge in [0.25, 0.3) is 0 Å². The summed E-state index contributed by atoms with van der Waals surface area (Å²) in [5.74, 6) is 0.863. The van der Waals surface area contributed by atoms with Crippen LogP contribution in [0.15, 0.2) is 36.5 Å². The lowest BCUT2D eigenvalue weighted by atomic mass is 10.0. The molecule has 3 rings (SSSR count). The van der Waals surface area contributed by atoms with E-state index in [1.165, 1.54) is 6.42 Å². The van der Waals surface area contributed by atoms with Crippen LogP contribution in [0.4, 0.5) is 10.6 Å². The zero-order valence-corrected chi connectivity index (χ0v) is 15.9. The Bertz CT molecular complexity index is 768. The minimum Gasteiger partial charge on any atom is -0.443 e. The van der Waals surface area contributed by atoms with Gasteiger partial charge < -0.3 is 14.7 Å². The molecule has 0 unspecified atom stereocenters. The summed E-state index contributed by atoms with van der Waals surface area (Å²) in [5.41, 5.74) is 2.15. The van der Waals surface area contributed by atoms with E-state index < -0.39 is 5.60 Å². The predicted molar refractivity (Wildman–Crippen MR) is 103 cm³/mol. The maximum Gasteiger partial charge on any atom is 0.420 e. The molecule has 5 nitrogen and oxygen atoms in total. The standard InChI is InChI=1S/C21H28N2O3/c1-21(2,3)26-20(25)23-14-17(18-10-6-5-9-16(18)15-24)13-19(23)22-11-7-4-8-12-22/h5-6,9-10,13-14,24H,4,7-8,11-12,15H2,1-3H3. The number of aliphatic hydroxyl groups excluding tert-OH is 1. The average Bonchev–Trinajstić information content (AvgIpc) is 3.06. The molecule has 0 spiro atoms. The normalized spacial score (nSPS) is 15.2. The van der Waals surface area contributed by atoms with Crippen LogP contribution in [0.1, 0.15) is 45.6 Å². The van der Waals surface area contributed by atoms with Crippen molar-refractivity contribution in [3.8, 4) is 11.1 Å². The van der Waals surface area contributed by atoms with Crippen LogP contribution < -0.4 is 4.90 Å². The maximum atomic E-state index is 12.8. The quantitative estimate of drug-likeness (QED) is 0.884. The maximum absolute atomic E-state index is 12.8. The highest BCUT2D eigenvalue weighted by atomic mass is 16.6. The molecule has 1 N–H and O–H groups in total. The van der Waals surface area contributed by atoms with Gasteiger partial charge in [-0.05, 0) is 57.2 Å². The van der Waals surface area contributed by atoms with Gasteiger partial charge in [-0.1, -0.05) is 24.3 Å². The first-order chi connectivity index (χ1) is 12.4. The summed E-state index contributed by atoms with van der Waals surface area (Å²) in [7, 11) is 0. The Kier molecular flexibility index (Phi) is 5.37. The van der Waals surface area contributed by atoms with Gasteiger partial charge >= 0.3 is 6.09 Å². The number of benzene rings is 1. The number of hydrogen-bond donors (Lipinski definition) is 1. The van der Waals surface area contributed by atoms with Crippen LogP contribution in [0.3, 0.4) is 0 Å².